The van der Waals surface area contributed by atoms with E-state index in [0.717, 1.165) is 44.4 Å². The minimum Gasteiger partial charge on any atom is -0.379 e. The molecular weight excluding hydrogens is 276 g/mol. The molecule has 5 nitrogen and oxygen atoms in total. The summed E-state index contributed by atoms with van der Waals surface area (Å²) >= 11 is 0. The molecule has 0 amide bonds. The molecule has 0 aromatic carbocycles. The molecule has 1 aromatic rings. The van der Waals surface area contributed by atoms with Crippen LogP contribution < -0.4 is 5.32 Å². The van der Waals surface area contributed by atoms with Crippen molar-refractivity contribution in [1.82, 2.24) is 14.8 Å². The molecule has 0 saturated carbocycles. The van der Waals surface area contributed by atoms with Crippen LogP contribution in [0.4, 0.5) is 5.82 Å². The number of anilines is 1. The number of hydrogen-bond donors (Lipinski definition) is 1. The lowest BCUT2D eigenvalue weighted by Gasteiger charge is -2.49. The van der Waals surface area contributed by atoms with Gasteiger partial charge in [-0.1, -0.05) is 6.07 Å². The molecule has 5 heteroatoms. The number of piperidine rings is 1. The van der Waals surface area contributed by atoms with E-state index in [1.807, 2.05) is 13.0 Å². The number of likely N-dealkylation sites (tertiary alicyclic amines) is 1. The van der Waals surface area contributed by atoms with Gasteiger partial charge in [-0.25, -0.2) is 4.98 Å². The van der Waals surface area contributed by atoms with Gasteiger partial charge in [0.2, 0.25) is 0 Å². The highest BCUT2D eigenvalue weighted by Crippen LogP contribution is 2.29. The van der Waals surface area contributed by atoms with E-state index in [1.165, 1.54) is 25.9 Å². The lowest BCUT2D eigenvalue weighted by atomic mass is 9.85. The van der Waals surface area contributed by atoms with E-state index in [1.54, 1.807) is 0 Å². The molecule has 1 aromatic heterocycles. The number of aromatic nitrogens is 1. The summed E-state index contributed by atoms with van der Waals surface area (Å²) in [4.78, 5) is 9.66. The van der Waals surface area contributed by atoms with Gasteiger partial charge in [-0.3, -0.25) is 4.90 Å². The van der Waals surface area contributed by atoms with Crippen LogP contribution in [-0.4, -0.2) is 73.3 Å². The second-order valence-corrected chi connectivity index (χ2v) is 6.64. The van der Waals surface area contributed by atoms with Crippen molar-refractivity contribution in [3.8, 4) is 0 Å². The molecule has 3 heterocycles. The zero-order valence-corrected chi connectivity index (χ0v) is 13.8. The van der Waals surface area contributed by atoms with Gasteiger partial charge in [0, 0.05) is 30.9 Å². The van der Waals surface area contributed by atoms with E-state index < -0.39 is 0 Å². The Bertz CT molecular complexity index is 479. The minimum absolute atomic E-state index is 0.238. The number of pyridine rings is 1. The third-order valence-corrected chi connectivity index (χ3v) is 5.09. The van der Waals surface area contributed by atoms with Gasteiger partial charge in [-0.2, -0.15) is 0 Å². The summed E-state index contributed by atoms with van der Waals surface area (Å²) in [7, 11) is 2.22. The molecule has 0 spiro atoms. The van der Waals surface area contributed by atoms with E-state index in [9.17, 15) is 0 Å². The van der Waals surface area contributed by atoms with Gasteiger partial charge in [-0.05, 0) is 52.0 Å². The largest absolute Gasteiger partial charge is 0.379 e. The summed E-state index contributed by atoms with van der Waals surface area (Å²) in [6.45, 7) is 9.16. The summed E-state index contributed by atoms with van der Waals surface area (Å²) in [6, 6.07) is 6.17. The molecule has 1 N–H and O–H groups in total. The number of hydrogen-bond acceptors (Lipinski definition) is 5. The predicted octanol–water partition coefficient (Wildman–Crippen LogP) is 1.60. The number of nitrogens with one attached hydrogen (secondary N) is 1. The first kappa shape index (κ1) is 15.7. The van der Waals surface area contributed by atoms with Crippen LogP contribution in [0.3, 0.4) is 0 Å². The zero-order chi connectivity index (χ0) is 15.4. The fourth-order valence-corrected chi connectivity index (χ4v) is 3.57. The maximum Gasteiger partial charge on any atom is 0.126 e. The van der Waals surface area contributed by atoms with E-state index >= 15 is 0 Å². The van der Waals surface area contributed by atoms with Crippen LogP contribution in [0.5, 0.6) is 0 Å². The normalized spacial score (nSPS) is 23.4. The van der Waals surface area contributed by atoms with Crippen molar-refractivity contribution in [2.75, 3.05) is 58.3 Å². The number of morpholine rings is 1. The van der Waals surface area contributed by atoms with Crippen LogP contribution >= 0.6 is 0 Å². The molecule has 3 rings (SSSR count). The highest BCUT2D eigenvalue weighted by molar-refractivity contribution is 5.36. The van der Waals surface area contributed by atoms with Crippen molar-refractivity contribution >= 4 is 5.82 Å². The van der Waals surface area contributed by atoms with Crippen molar-refractivity contribution in [3.63, 3.8) is 0 Å². The summed E-state index contributed by atoms with van der Waals surface area (Å²) in [5.41, 5.74) is 1.30. The molecule has 2 aliphatic heterocycles. The number of ether oxygens (including phenoxy) is 1. The topological polar surface area (TPSA) is 40.6 Å². The number of aryl methyl sites for hydroxylation is 1. The third-order valence-electron chi connectivity index (χ3n) is 5.09. The molecule has 122 valence electrons. The monoisotopic (exact) mass is 304 g/mol. The average molecular weight is 304 g/mol. The summed E-state index contributed by atoms with van der Waals surface area (Å²) in [5.74, 6) is 0.992. The molecule has 2 fully saturated rings. The van der Waals surface area contributed by atoms with E-state index in [0.29, 0.717) is 0 Å². The molecule has 22 heavy (non-hydrogen) atoms. The number of rotatable bonds is 4. The quantitative estimate of drug-likeness (QED) is 0.915. The van der Waals surface area contributed by atoms with Crippen LogP contribution in [0.2, 0.25) is 0 Å². The third kappa shape index (κ3) is 3.59. The Morgan fingerprint density at radius 1 is 1.18 bits per heavy atom. The molecule has 0 unspecified atom stereocenters. The van der Waals surface area contributed by atoms with Crippen LogP contribution in [-0.2, 0) is 4.74 Å². The first-order chi connectivity index (χ1) is 10.7. The van der Waals surface area contributed by atoms with Crippen molar-refractivity contribution < 1.29 is 4.74 Å². The first-order valence-corrected chi connectivity index (χ1v) is 8.37. The molecular formula is C17H28N4O. The van der Waals surface area contributed by atoms with E-state index in [4.69, 9.17) is 4.74 Å². The van der Waals surface area contributed by atoms with Crippen molar-refractivity contribution in [2.24, 2.45) is 0 Å². The second kappa shape index (κ2) is 6.94. The molecule has 0 radical (unpaired) electrons. The fourth-order valence-electron chi connectivity index (χ4n) is 3.57. The maximum atomic E-state index is 5.55. The summed E-state index contributed by atoms with van der Waals surface area (Å²) in [6.07, 6.45) is 2.42. The summed E-state index contributed by atoms with van der Waals surface area (Å²) in [5, 5.41) is 3.60. The zero-order valence-electron chi connectivity index (χ0n) is 13.8. The highest BCUT2D eigenvalue weighted by Gasteiger charge is 2.39. The number of nitrogens with zero attached hydrogens (tertiary/aromatic N) is 3. The van der Waals surface area contributed by atoms with Crippen LogP contribution in [0, 0.1) is 6.92 Å². The Morgan fingerprint density at radius 2 is 1.91 bits per heavy atom. The van der Waals surface area contributed by atoms with Gasteiger partial charge < -0.3 is 15.0 Å². The van der Waals surface area contributed by atoms with E-state index in [-0.39, 0.29) is 5.54 Å². The van der Waals surface area contributed by atoms with Crippen molar-refractivity contribution in [3.05, 3.63) is 23.9 Å². The van der Waals surface area contributed by atoms with E-state index in [2.05, 4.69) is 39.3 Å². The van der Waals surface area contributed by atoms with Gasteiger partial charge in [-0.15, -0.1) is 0 Å². The van der Waals surface area contributed by atoms with Crippen LogP contribution in [0.15, 0.2) is 18.2 Å². The van der Waals surface area contributed by atoms with Crippen molar-refractivity contribution in [2.45, 2.75) is 25.3 Å². The standard InChI is InChI=1S/C17H28N4O/c1-15-4-3-5-16(19-15)18-14-17(6-8-20(2)9-7-17)21-10-12-22-13-11-21/h3-5H,6-14H2,1-2H3,(H,18,19). The lowest BCUT2D eigenvalue weighted by molar-refractivity contribution is -0.0396. The Hall–Kier alpha value is -1.17. The highest BCUT2D eigenvalue weighted by atomic mass is 16.5. The first-order valence-electron chi connectivity index (χ1n) is 8.37. The smallest absolute Gasteiger partial charge is 0.126 e. The molecule has 0 bridgehead atoms. The Morgan fingerprint density at radius 3 is 2.59 bits per heavy atom. The van der Waals surface area contributed by atoms with Gasteiger partial charge in [0.15, 0.2) is 0 Å². The van der Waals surface area contributed by atoms with Crippen molar-refractivity contribution in [1.29, 1.82) is 0 Å². The Kier molecular flexibility index (Phi) is 4.96. The molecule has 0 atom stereocenters. The SMILES string of the molecule is Cc1cccc(NCC2(N3CCOCC3)CCN(C)CC2)n1. The van der Waals surface area contributed by atoms with Gasteiger partial charge in [0.25, 0.3) is 0 Å². The molecule has 0 aliphatic carbocycles. The van der Waals surface area contributed by atoms with Gasteiger partial charge >= 0.3 is 0 Å². The molecule has 2 saturated heterocycles. The average Bonchev–Trinajstić information content (AvgIpc) is 2.56. The minimum atomic E-state index is 0.238. The fraction of sp³-hybridized carbons (Fsp3) is 0.706. The van der Waals surface area contributed by atoms with Crippen LogP contribution in [0.25, 0.3) is 0 Å². The van der Waals surface area contributed by atoms with Gasteiger partial charge in [0.1, 0.15) is 5.82 Å². The molecule has 2 aliphatic rings. The summed E-state index contributed by atoms with van der Waals surface area (Å²) < 4.78 is 5.55. The Balaban J connectivity index is 1.70. The van der Waals surface area contributed by atoms with Crippen LogP contribution in [0.1, 0.15) is 18.5 Å². The Labute approximate surface area is 133 Å². The predicted molar refractivity (Wildman–Crippen MR) is 89.3 cm³/mol. The van der Waals surface area contributed by atoms with Gasteiger partial charge in [0.05, 0.1) is 13.2 Å². The lowest BCUT2D eigenvalue weighted by Crippen LogP contribution is -2.61. The second-order valence-electron chi connectivity index (χ2n) is 6.64. The maximum absolute atomic E-state index is 5.55.